The van der Waals surface area contributed by atoms with Gasteiger partial charge in [0, 0.05) is 29.4 Å². The van der Waals surface area contributed by atoms with Crippen LogP contribution in [0.4, 0.5) is 10.5 Å². The fraction of sp³-hybridized carbons (Fsp3) is 0.214. The molecule has 1 aliphatic heterocycles. The van der Waals surface area contributed by atoms with Crippen molar-refractivity contribution in [1.29, 1.82) is 0 Å². The number of methoxy groups -OCH3 is 2. The van der Waals surface area contributed by atoms with Gasteiger partial charge in [0.1, 0.15) is 0 Å². The zero-order valence-corrected chi connectivity index (χ0v) is 12.8. The summed E-state index contributed by atoms with van der Waals surface area (Å²) in [5, 5.41) is 2.83. The van der Waals surface area contributed by atoms with Crippen LogP contribution in [-0.4, -0.2) is 31.7 Å². The maximum Gasteiger partial charge on any atom is 0.326 e. The van der Waals surface area contributed by atoms with Crippen LogP contribution in [0.15, 0.2) is 41.0 Å². The van der Waals surface area contributed by atoms with Crippen molar-refractivity contribution >= 4 is 27.6 Å². The van der Waals surface area contributed by atoms with Crippen molar-refractivity contribution in [3.8, 4) is 11.5 Å². The fourth-order valence-corrected chi connectivity index (χ4v) is 2.18. The number of carbonyl (C=O) groups is 1. The molecule has 1 aromatic carbocycles. The molecule has 1 heterocycles. The third-order valence-corrected chi connectivity index (χ3v) is 3.45. The Kier molecular flexibility index (Phi) is 4.68. The van der Waals surface area contributed by atoms with Gasteiger partial charge in [-0.25, -0.2) is 4.79 Å². The summed E-state index contributed by atoms with van der Waals surface area (Å²) in [5.41, 5.74) is 0.621. The summed E-state index contributed by atoms with van der Waals surface area (Å²) in [7, 11) is 3.11. The molecule has 0 spiro atoms. The van der Waals surface area contributed by atoms with Gasteiger partial charge >= 0.3 is 6.03 Å². The number of hydrogen-bond donors (Lipinski definition) is 1. The van der Waals surface area contributed by atoms with E-state index in [0.717, 1.165) is 4.47 Å². The molecule has 0 atom stereocenters. The lowest BCUT2D eigenvalue weighted by atomic mass is 10.2. The first-order chi connectivity index (χ1) is 9.65. The van der Waals surface area contributed by atoms with Crippen LogP contribution in [0, 0.1) is 0 Å². The first-order valence-electron chi connectivity index (χ1n) is 5.98. The number of carbonyl (C=O) groups excluding carboxylic acids is 1. The number of halogens is 1. The largest absolute Gasteiger partial charge is 0.493 e. The summed E-state index contributed by atoms with van der Waals surface area (Å²) in [5.74, 6) is 1.15. The van der Waals surface area contributed by atoms with E-state index in [1.807, 2.05) is 18.2 Å². The quantitative estimate of drug-likeness (QED) is 0.918. The van der Waals surface area contributed by atoms with Gasteiger partial charge in [-0.15, -0.1) is 0 Å². The average molecular weight is 339 g/mol. The van der Waals surface area contributed by atoms with Crippen molar-refractivity contribution in [2.75, 3.05) is 26.1 Å². The molecule has 1 aromatic rings. The molecule has 5 nitrogen and oxygen atoms in total. The van der Waals surface area contributed by atoms with Crippen LogP contribution in [0.2, 0.25) is 0 Å². The summed E-state index contributed by atoms with van der Waals surface area (Å²) in [6, 6.07) is 3.25. The van der Waals surface area contributed by atoms with E-state index in [9.17, 15) is 4.79 Å². The number of hydrogen-bond acceptors (Lipinski definition) is 3. The molecule has 2 rings (SSSR count). The van der Waals surface area contributed by atoms with E-state index in [0.29, 0.717) is 23.7 Å². The molecule has 0 aliphatic carbocycles. The van der Waals surface area contributed by atoms with Crippen molar-refractivity contribution in [1.82, 2.24) is 4.90 Å². The molecule has 0 aromatic heterocycles. The maximum atomic E-state index is 12.1. The number of nitrogens with one attached hydrogen (secondary N) is 1. The molecular weight excluding hydrogens is 324 g/mol. The second-order valence-electron chi connectivity index (χ2n) is 4.04. The normalized spacial score (nSPS) is 13.2. The number of allylic oxidation sites excluding steroid dienone is 2. The number of anilines is 1. The topological polar surface area (TPSA) is 50.8 Å². The van der Waals surface area contributed by atoms with Crippen LogP contribution in [0.3, 0.4) is 0 Å². The van der Waals surface area contributed by atoms with Crippen LogP contribution in [0.1, 0.15) is 0 Å². The summed E-state index contributed by atoms with van der Waals surface area (Å²) in [4.78, 5) is 13.7. The maximum absolute atomic E-state index is 12.1. The van der Waals surface area contributed by atoms with Crippen molar-refractivity contribution < 1.29 is 14.3 Å². The Hall–Kier alpha value is -1.95. The molecule has 20 heavy (non-hydrogen) atoms. The van der Waals surface area contributed by atoms with Gasteiger partial charge in [-0.2, -0.15) is 0 Å². The van der Waals surface area contributed by atoms with Crippen molar-refractivity contribution in [2.45, 2.75) is 0 Å². The summed E-state index contributed by atoms with van der Waals surface area (Å²) < 4.78 is 11.1. The second-order valence-corrected chi connectivity index (χ2v) is 4.89. The monoisotopic (exact) mass is 338 g/mol. The number of ether oxygens (including phenoxy) is 2. The van der Waals surface area contributed by atoms with E-state index in [-0.39, 0.29) is 6.03 Å². The van der Waals surface area contributed by atoms with Gasteiger partial charge in [-0.1, -0.05) is 12.2 Å². The predicted molar refractivity (Wildman–Crippen MR) is 81.3 cm³/mol. The lowest BCUT2D eigenvalue weighted by Crippen LogP contribution is -2.31. The minimum atomic E-state index is -0.210. The molecule has 1 N–H and O–H groups in total. The molecular formula is C14H15BrN2O3. The highest BCUT2D eigenvalue weighted by atomic mass is 79.9. The minimum Gasteiger partial charge on any atom is -0.493 e. The molecule has 0 saturated heterocycles. The summed E-state index contributed by atoms with van der Waals surface area (Å²) in [6.45, 7) is 0.549. The van der Waals surface area contributed by atoms with Crippen molar-refractivity contribution in [3.63, 3.8) is 0 Å². The van der Waals surface area contributed by atoms with Gasteiger partial charge in [0.25, 0.3) is 0 Å². The zero-order valence-electron chi connectivity index (χ0n) is 11.2. The molecule has 2 amide bonds. The second kappa shape index (κ2) is 6.47. The van der Waals surface area contributed by atoms with Gasteiger partial charge in [-0.05, 0) is 22.0 Å². The first-order valence-corrected chi connectivity index (χ1v) is 6.77. The Morgan fingerprint density at radius 3 is 2.55 bits per heavy atom. The number of rotatable bonds is 3. The van der Waals surface area contributed by atoms with Gasteiger partial charge in [-0.3, -0.25) is 4.90 Å². The van der Waals surface area contributed by atoms with Crippen LogP contribution in [-0.2, 0) is 0 Å². The Balaban J connectivity index is 2.18. The van der Waals surface area contributed by atoms with Gasteiger partial charge in [0.2, 0.25) is 0 Å². The van der Waals surface area contributed by atoms with Crippen LogP contribution in [0.25, 0.3) is 0 Å². The van der Waals surface area contributed by atoms with E-state index in [1.54, 1.807) is 37.5 Å². The van der Waals surface area contributed by atoms with E-state index >= 15 is 0 Å². The number of nitrogens with zero attached hydrogens (tertiary/aromatic N) is 1. The standard InChI is InChI=1S/C14H15BrN2O3/c1-19-12-8-10(15)11(9-13(12)20-2)16-14(18)17-6-4-3-5-7-17/h3-6,8-9H,7H2,1-2H3,(H,16,18). The minimum absolute atomic E-state index is 0.210. The SMILES string of the molecule is COc1cc(Br)c(NC(=O)N2C=CC=CC2)cc1OC. The van der Waals surface area contributed by atoms with E-state index in [4.69, 9.17) is 9.47 Å². The number of urea groups is 1. The number of benzene rings is 1. The third kappa shape index (κ3) is 3.14. The predicted octanol–water partition coefficient (Wildman–Crippen LogP) is 3.38. The van der Waals surface area contributed by atoms with Gasteiger partial charge in [0.15, 0.2) is 11.5 Å². The van der Waals surface area contributed by atoms with E-state index < -0.39 is 0 Å². The Labute approximate surface area is 126 Å². The molecule has 0 bridgehead atoms. The molecule has 106 valence electrons. The third-order valence-electron chi connectivity index (χ3n) is 2.79. The van der Waals surface area contributed by atoms with Crippen LogP contribution >= 0.6 is 15.9 Å². The Morgan fingerprint density at radius 2 is 1.95 bits per heavy atom. The highest BCUT2D eigenvalue weighted by Crippen LogP contribution is 2.36. The highest BCUT2D eigenvalue weighted by molar-refractivity contribution is 9.10. The summed E-state index contributed by atoms with van der Waals surface area (Å²) in [6.07, 6.45) is 7.34. The molecule has 0 fully saturated rings. The molecule has 0 radical (unpaired) electrons. The Morgan fingerprint density at radius 1 is 1.25 bits per heavy atom. The fourth-order valence-electron chi connectivity index (χ4n) is 1.76. The first kappa shape index (κ1) is 14.5. The highest BCUT2D eigenvalue weighted by Gasteiger charge is 2.15. The molecule has 0 saturated carbocycles. The molecule has 6 heteroatoms. The van der Waals surface area contributed by atoms with Gasteiger partial charge < -0.3 is 14.8 Å². The lowest BCUT2D eigenvalue weighted by Gasteiger charge is -2.20. The van der Waals surface area contributed by atoms with Crippen molar-refractivity contribution in [2.24, 2.45) is 0 Å². The van der Waals surface area contributed by atoms with Crippen LogP contribution in [0.5, 0.6) is 11.5 Å². The van der Waals surface area contributed by atoms with Crippen LogP contribution < -0.4 is 14.8 Å². The van der Waals surface area contributed by atoms with E-state index in [1.165, 1.54) is 0 Å². The Bertz CT molecular complexity index is 570. The van der Waals surface area contributed by atoms with Crippen molar-refractivity contribution in [3.05, 3.63) is 41.0 Å². The average Bonchev–Trinajstić information content (AvgIpc) is 2.49. The molecule has 0 unspecified atom stereocenters. The smallest absolute Gasteiger partial charge is 0.326 e. The lowest BCUT2D eigenvalue weighted by molar-refractivity contribution is 0.231. The zero-order chi connectivity index (χ0) is 14.5. The summed E-state index contributed by atoms with van der Waals surface area (Å²) >= 11 is 3.40. The van der Waals surface area contributed by atoms with Gasteiger partial charge in [0.05, 0.1) is 19.9 Å². The molecule has 1 aliphatic rings. The van der Waals surface area contributed by atoms with E-state index in [2.05, 4.69) is 21.2 Å². The number of amides is 2.